The van der Waals surface area contributed by atoms with E-state index in [-0.39, 0.29) is 0 Å². The number of nitrogens with zero attached hydrogens (tertiary/aromatic N) is 4. The normalized spacial score (nSPS) is 14.2. The number of hydrogen-bond donors (Lipinski definition) is 2. The second kappa shape index (κ2) is 8.11. The van der Waals surface area contributed by atoms with Gasteiger partial charge in [-0.15, -0.1) is 10.2 Å². The molecule has 1 aliphatic rings. The van der Waals surface area contributed by atoms with E-state index in [0.29, 0.717) is 6.54 Å². The summed E-state index contributed by atoms with van der Waals surface area (Å²) in [7, 11) is 0. The molecule has 1 fully saturated rings. The lowest BCUT2D eigenvalue weighted by atomic mass is 10.3. The minimum absolute atomic E-state index is 0.618. The minimum Gasteiger partial charge on any atom is -0.378 e. The zero-order chi connectivity index (χ0) is 17.6. The number of pyridine rings is 1. The highest BCUT2D eigenvalue weighted by Gasteiger charge is 2.12. The third-order valence-electron chi connectivity index (χ3n) is 4.02. The molecule has 2 aromatic heterocycles. The molecule has 0 aliphatic carbocycles. The van der Waals surface area contributed by atoms with E-state index in [2.05, 4.69) is 30.7 Å². The van der Waals surface area contributed by atoms with Crippen molar-refractivity contribution in [2.75, 3.05) is 41.8 Å². The van der Waals surface area contributed by atoms with Crippen LogP contribution >= 0.6 is 11.3 Å². The monoisotopic (exact) mass is 368 g/mol. The maximum absolute atomic E-state index is 5.37. The SMILES string of the molecule is c1ccc(Nc2nnc(CNc3ccc(N4CCOCC4)nc3)s2)cc1. The predicted molar refractivity (Wildman–Crippen MR) is 104 cm³/mol. The Hall–Kier alpha value is -2.71. The number of morpholine rings is 1. The van der Waals surface area contributed by atoms with E-state index in [0.717, 1.165) is 53.6 Å². The van der Waals surface area contributed by atoms with Gasteiger partial charge in [-0.1, -0.05) is 29.5 Å². The number of hydrogen-bond acceptors (Lipinski definition) is 8. The van der Waals surface area contributed by atoms with Crippen molar-refractivity contribution < 1.29 is 4.74 Å². The highest BCUT2D eigenvalue weighted by molar-refractivity contribution is 7.15. The van der Waals surface area contributed by atoms with Crippen LogP contribution in [0, 0.1) is 0 Å². The van der Waals surface area contributed by atoms with Crippen LogP contribution in [-0.2, 0) is 11.3 Å². The predicted octanol–water partition coefficient (Wildman–Crippen LogP) is 3.13. The average molecular weight is 368 g/mol. The van der Waals surface area contributed by atoms with Crippen molar-refractivity contribution >= 4 is 33.7 Å². The van der Waals surface area contributed by atoms with Gasteiger partial charge in [0.05, 0.1) is 31.6 Å². The molecule has 0 bridgehead atoms. The molecular weight excluding hydrogens is 348 g/mol. The Balaban J connectivity index is 1.31. The molecule has 1 saturated heterocycles. The molecule has 0 saturated carbocycles. The maximum Gasteiger partial charge on any atom is 0.210 e. The lowest BCUT2D eigenvalue weighted by Crippen LogP contribution is -2.36. The molecule has 0 spiro atoms. The van der Waals surface area contributed by atoms with Crippen molar-refractivity contribution in [3.63, 3.8) is 0 Å². The van der Waals surface area contributed by atoms with Gasteiger partial charge in [-0.3, -0.25) is 0 Å². The molecule has 1 aromatic carbocycles. The Morgan fingerprint density at radius 3 is 2.62 bits per heavy atom. The third kappa shape index (κ3) is 4.27. The molecule has 0 unspecified atom stereocenters. The van der Waals surface area contributed by atoms with Crippen LogP contribution in [0.4, 0.5) is 22.3 Å². The van der Waals surface area contributed by atoms with Gasteiger partial charge in [-0.05, 0) is 24.3 Å². The number of anilines is 4. The molecule has 0 atom stereocenters. The fourth-order valence-corrected chi connectivity index (χ4v) is 3.37. The van der Waals surface area contributed by atoms with E-state index in [1.165, 1.54) is 11.3 Å². The molecule has 3 heterocycles. The maximum atomic E-state index is 5.37. The van der Waals surface area contributed by atoms with Gasteiger partial charge in [0, 0.05) is 18.8 Å². The summed E-state index contributed by atoms with van der Waals surface area (Å²) in [4.78, 5) is 6.77. The number of rotatable bonds is 6. The van der Waals surface area contributed by atoms with Crippen molar-refractivity contribution in [2.45, 2.75) is 6.54 Å². The van der Waals surface area contributed by atoms with Gasteiger partial charge in [0.15, 0.2) is 0 Å². The van der Waals surface area contributed by atoms with Crippen molar-refractivity contribution in [2.24, 2.45) is 0 Å². The van der Waals surface area contributed by atoms with E-state index < -0.39 is 0 Å². The smallest absolute Gasteiger partial charge is 0.210 e. The summed E-state index contributed by atoms with van der Waals surface area (Å²) < 4.78 is 5.37. The van der Waals surface area contributed by atoms with E-state index in [4.69, 9.17) is 4.74 Å². The van der Waals surface area contributed by atoms with Crippen molar-refractivity contribution in [1.29, 1.82) is 0 Å². The summed E-state index contributed by atoms with van der Waals surface area (Å²) in [5, 5.41) is 16.7. The summed E-state index contributed by atoms with van der Waals surface area (Å²) in [5.74, 6) is 0.990. The van der Waals surface area contributed by atoms with E-state index >= 15 is 0 Å². The molecule has 7 nitrogen and oxygen atoms in total. The highest BCUT2D eigenvalue weighted by Crippen LogP contribution is 2.21. The summed E-state index contributed by atoms with van der Waals surface area (Å²) in [6, 6.07) is 14.0. The average Bonchev–Trinajstić information content (AvgIpc) is 3.16. The number of nitrogens with one attached hydrogen (secondary N) is 2. The lowest BCUT2D eigenvalue weighted by molar-refractivity contribution is 0.122. The molecular formula is C18H20N6OS. The van der Waals surface area contributed by atoms with Gasteiger partial charge < -0.3 is 20.3 Å². The summed E-state index contributed by atoms with van der Waals surface area (Å²) in [5.41, 5.74) is 1.97. The van der Waals surface area contributed by atoms with Crippen LogP contribution < -0.4 is 15.5 Å². The molecule has 134 valence electrons. The lowest BCUT2D eigenvalue weighted by Gasteiger charge is -2.27. The van der Waals surface area contributed by atoms with Gasteiger partial charge in [-0.25, -0.2) is 4.98 Å². The first-order valence-electron chi connectivity index (χ1n) is 8.54. The molecule has 0 amide bonds. The van der Waals surface area contributed by atoms with Crippen LogP contribution in [0.2, 0.25) is 0 Å². The van der Waals surface area contributed by atoms with Crippen LogP contribution in [-0.4, -0.2) is 41.5 Å². The Labute approximate surface area is 156 Å². The molecule has 4 rings (SSSR count). The Morgan fingerprint density at radius 1 is 1.00 bits per heavy atom. The van der Waals surface area contributed by atoms with Crippen molar-refractivity contribution in [3.05, 3.63) is 53.7 Å². The highest BCUT2D eigenvalue weighted by atomic mass is 32.1. The molecule has 0 radical (unpaired) electrons. The number of para-hydroxylation sites is 1. The Kier molecular flexibility index (Phi) is 5.22. The minimum atomic E-state index is 0.618. The Bertz CT molecular complexity index is 817. The summed E-state index contributed by atoms with van der Waals surface area (Å²) in [6.45, 7) is 3.92. The number of benzene rings is 1. The zero-order valence-electron chi connectivity index (χ0n) is 14.3. The van der Waals surface area contributed by atoms with Gasteiger partial charge in [0.1, 0.15) is 10.8 Å². The Morgan fingerprint density at radius 2 is 1.85 bits per heavy atom. The molecule has 2 N–H and O–H groups in total. The van der Waals surface area contributed by atoms with Crippen LogP contribution in [0.3, 0.4) is 0 Å². The third-order valence-corrected chi connectivity index (χ3v) is 4.86. The molecule has 1 aliphatic heterocycles. The van der Waals surface area contributed by atoms with Crippen molar-refractivity contribution in [1.82, 2.24) is 15.2 Å². The first kappa shape index (κ1) is 16.7. The standard InChI is InChI=1S/C18H20N6OS/c1-2-4-14(5-3-1)21-18-23-22-17(26-18)13-19-15-6-7-16(20-12-15)24-8-10-25-11-9-24/h1-7,12,19H,8-11,13H2,(H,21,23). The topological polar surface area (TPSA) is 75.2 Å². The molecule has 26 heavy (non-hydrogen) atoms. The van der Waals surface area contributed by atoms with Crippen LogP contribution in [0.5, 0.6) is 0 Å². The first-order valence-corrected chi connectivity index (χ1v) is 9.35. The van der Waals surface area contributed by atoms with Crippen LogP contribution in [0.15, 0.2) is 48.7 Å². The molecule has 8 heteroatoms. The second-order valence-electron chi connectivity index (χ2n) is 5.85. The summed E-state index contributed by atoms with van der Waals surface area (Å²) in [6.07, 6.45) is 1.86. The summed E-state index contributed by atoms with van der Waals surface area (Å²) >= 11 is 1.53. The van der Waals surface area contributed by atoms with Gasteiger partial charge in [-0.2, -0.15) is 0 Å². The first-order chi connectivity index (χ1) is 12.9. The van der Waals surface area contributed by atoms with Gasteiger partial charge >= 0.3 is 0 Å². The van der Waals surface area contributed by atoms with Crippen LogP contribution in [0.1, 0.15) is 5.01 Å². The van der Waals surface area contributed by atoms with Crippen molar-refractivity contribution in [3.8, 4) is 0 Å². The van der Waals surface area contributed by atoms with Crippen LogP contribution in [0.25, 0.3) is 0 Å². The fourth-order valence-electron chi connectivity index (χ4n) is 2.67. The molecule has 3 aromatic rings. The van der Waals surface area contributed by atoms with E-state index in [1.54, 1.807) is 0 Å². The number of aromatic nitrogens is 3. The second-order valence-corrected chi connectivity index (χ2v) is 6.91. The van der Waals surface area contributed by atoms with E-state index in [1.807, 2.05) is 48.7 Å². The van der Waals surface area contributed by atoms with Gasteiger partial charge in [0.2, 0.25) is 5.13 Å². The zero-order valence-corrected chi connectivity index (χ0v) is 15.1. The largest absolute Gasteiger partial charge is 0.378 e. The van der Waals surface area contributed by atoms with E-state index in [9.17, 15) is 0 Å². The fraction of sp³-hybridized carbons (Fsp3) is 0.278. The van der Waals surface area contributed by atoms with Gasteiger partial charge in [0.25, 0.3) is 0 Å². The quantitative estimate of drug-likeness (QED) is 0.692. The number of ether oxygens (including phenoxy) is 1.